The normalized spacial score (nSPS) is 17.6. The third-order valence-electron chi connectivity index (χ3n) is 6.12. The number of ether oxygens (including phenoxy) is 2. The molecule has 1 amide bonds. The predicted molar refractivity (Wildman–Crippen MR) is 127 cm³/mol. The van der Waals surface area contributed by atoms with Crippen molar-refractivity contribution in [3.05, 3.63) is 53.3 Å². The second-order valence-corrected chi connectivity index (χ2v) is 8.79. The minimum Gasteiger partial charge on any atom is -0.489 e. The highest BCUT2D eigenvalue weighted by Gasteiger charge is 2.28. The zero-order valence-corrected chi connectivity index (χ0v) is 20.0. The maximum atomic E-state index is 12.3. The molecule has 2 atom stereocenters. The molecule has 0 bridgehead atoms. The molecule has 0 aliphatic heterocycles. The van der Waals surface area contributed by atoms with Gasteiger partial charge in [-0.05, 0) is 63.8 Å². The third-order valence-corrected chi connectivity index (χ3v) is 6.12. The van der Waals surface area contributed by atoms with Crippen LogP contribution in [-0.2, 0) is 18.4 Å². The highest BCUT2D eigenvalue weighted by atomic mass is 16.6. The number of aliphatic carboxylic acids is 1. The van der Waals surface area contributed by atoms with Gasteiger partial charge in [0.05, 0.1) is 35.6 Å². The number of rotatable bonds is 7. The second-order valence-electron chi connectivity index (χ2n) is 8.79. The lowest BCUT2D eigenvalue weighted by atomic mass is 9.87. The van der Waals surface area contributed by atoms with Crippen LogP contribution in [0.3, 0.4) is 0 Å². The zero-order chi connectivity index (χ0) is 24.9. The Morgan fingerprint density at radius 2 is 1.91 bits per heavy atom. The molecule has 3 aromatic rings. The number of hydrogen-bond acceptors (Lipinski definition) is 7. The number of carboxylic acid groups (broad SMARTS) is 1. The molecule has 0 radical (unpaired) electrons. The van der Waals surface area contributed by atoms with Crippen molar-refractivity contribution in [1.29, 1.82) is 0 Å². The lowest BCUT2D eigenvalue weighted by Crippen LogP contribution is -2.29. The molecule has 1 fully saturated rings. The van der Waals surface area contributed by atoms with Gasteiger partial charge in [-0.1, -0.05) is 22.9 Å². The van der Waals surface area contributed by atoms with Gasteiger partial charge < -0.3 is 19.9 Å². The van der Waals surface area contributed by atoms with E-state index in [1.807, 2.05) is 32.0 Å². The summed E-state index contributed by atoms with van der Waals surface area (Å²) in [6.45, 7) is 3.95. The number of pyridine rings is 1. The maximum Gasteiger partial charge on any atom is 0.412 e. The van der Waals surface area contributed by atoms with Gasteiger partial charge in [0.1, 0.15) is 17.2 Å². The van der Waals surface area contributed by atoms with Gasteiger partial charge in [0.2, 0.25) is 0 Å². The van der Waals surface area contributed by atoms with Crippen LogP contribution in [-0.4, -0.2) is 43.3 Å². The van der Waals surface area contributed by atoms with E-state index in [1.54, 1.807) is 29.9 Å². The van der Waals surface area contributed by atoms with Crippen LogP contribution in [0.25, 0.3) is 11.4 Å². The fourth-order valence-electron chi connectivity index (χ4n) is 4.14. The molecule has 35 heavy (non-hydrogen) atoms. The van der Waals surface area contributed by atoms with Crippen LogP contribution in [0.4, 0.5) is 4.79 Å². The van der Waals surface area contributed by atoms with Gasteiger partial charge in [0.25, 0.3) is 0 Å². The Balaban J connectivity index is 1.42. The fourth-order valence-corrected chi connectivity index (χ4v) is 4.14. The zero-order valence-electron chi connectivity index (χ0n) is 20.0. The van der Waals surface area contributed by atoms with E-state index < -0.39 is 12.1 Å². The topological polar surface area (TPSA) is 128 Å². The third kappa shape index (κ3) is 5.95. The molecule has 2 N–H and O–H groups in total. The number of nitrogens with zero attached hydrogens (tertiary/aromatic N) is 4. The standard InChI is InChI=1S/C25H29N5O5/c1-15-7-9-18(10-8-15)35-25(33)26-14-21-23(28-29-30(21)3)20-11-12-22(16(2)27-20)34-19-6-4-5-17(13-19)24(31)32/h7-12,17,19H,4-6,13-14H2,1-3H3,(H,26,33)(H,31,32)/t17-,19-/m0/s1. The average molecular weight is 480 g/mol. The van der Waals surface area contributed by atoms with Crippen LogP contribution in [0, 0.1) is 19.8 Å². The van der Waals surface area contributed by atoms with E-state index in [-0.39, 0.29) is 18.6 Å². The summed E-state index contributed by atoms with van der Waals surface area (Å²) >= 11 is 0. The molecule has 10 heteroatoms. The predicted octanol–water partition coefficient (Wildman–Crippen LogP) is 3.80. The Kier molecular flexibility index (Phi) is 7.28. The number of benzene rings is 1. The van der Waals surface area contributed by atoms with Gasteiger partial charge >= 0.3 is 12.1 Å². The van der Waals surface area contributed by atoms with Gasteiger partial charge in [0.15, 0.2) is 0 Å². The molecule has 1 aliphatic rings. The summed E-state index contributed by atoms with van der Waals surface area (Å²) in [4.78, 5) is 28.2. The molecular weight excluding hydrogens is 450 g/mol. The van der Waals surface area contributed by atoms with Gasteiger partial charge in [0, 0.05) is 7.05 Å². The Labute approximate surface area is 203 Å². The number of aromatic nitrogens is 4. The molecule has 2 aromatic heterocycles. The van der Waals surface area contributed by atoms with Crippen LogP contribution in [0.5, 0.6) is 11.5 Å². The summed E-state index contributed by atoms with van der Waals surface area (Å²) in [7, 11) is 1.74. The number of carboxylic acids is 1. The van der Waals surface area contributed by atoms with Crippen LogP contribution >= 0.6 is 0 Å². The Morgan fingerprint density at radius 1 is 1.14 bits per heavy atom. The van der Waals surface area contributed by atoms with Crippen molar-refractivity contribution in [1.82, 2.24) is 25.3 Å². The van der Waals surface area contributed by atoms with Crippen LogP contribution < -0.4 is 14.8 Å². The first-order chi connectivity index (χ1) is 16.8. The van der Waals surface area contributed by atoms with Crippen LogP contribution in [0.15, 0.2) is 36.4 Å². The molecular formula is C25H29N5O5. The van der Waals surface area contributed by atoms with Crippen molar-refractivity contribution in [2.24, 2.45) is 13.0 Å². The first-order valence-electron chi connectivity index (χ1n) is 11.6. The molecule has 4 rings (SSSR count). The second kappa shape index (κ2) is 10.5. The number of carbonyl (C=O) groups excluding carboxylic acids is 1. The van der Waals surface area contributed by atoms with Crippen molar-refractivity contribution in [3.63, 3.8) is 0 Å². The molecule has 0 spiro atoms. The number of nitrogens with one attached hydrogen (secondary N) is 1. The van der Waals surface area contributed by atoms with Crippen molar-refractivity contribution in [2.75, 3.05) is 0 Å². The van der Waals surface area contributed by atoms with Crippen molar-refractivity contribution < 1.29 is 24.2 Å². The molecule has 0 unspecified atom stereocenters. The van der Waals surface area contributed by atoms with E-state index in [9.17, 15) is 14.7 Å². The molecule has 184 valence electrons. The lowest BCUT2D eigenvalue weighted by molar-refractivity contribution is -0.143. The molecule has 2 heterocycles. The number of amides is 1. The SMILES string of the molecule is Cc1ccc(OC(=O)NCc2c(-c3ccc(O[C@H]4CCC[C@H](C(=O)O)C4)c(C)n3)nnn2C)cc1. The molecule has 1 saturated carbocycles. The summed E-state index contributed by atoms with van der Waals surface area (Å²) < 4.78 is 13.0. The van der Waals surface area contributed by atoms with Gasteiger partial charge in [-0.15, -0.1) is 5.10 Å². The Hall–Kier alpha value is -3.95. The number of aryl methyl sites for hydroxylation is 3. The Bertz CT molecular complexity index is 1210. The summed E-state index contributed by atoms with van der Waals surface area (Å²) in [6.07, 6.45) is 2.11. The van der Waals surface area contributed by atoms with E-state index in [0.29, 0.717) is 47.1 Å². The number of carbonyl (C=O) groups is 2. The van der Waals surface area contributed by atoms with E-state index in [2.05, 4.69) is 20.6 Å². The van der Waals surface area contributed by atoms with E-state index in [0.717, 1.165) is 18.4 Å². The van der Waals surface area contributed by atoms with Crippen molar-refractivity contribution >= 4 is 12.1 Å². The van der Waals surface area contributed by atoms with Crippen molar-refractivity contribution in [2.45, 2.75) is 52.2 Å². The number of hydrogen-bond donors (Lipinski definition) is 2. The summed E-state index contributed by atoms with van der Waals surface area (Å²) in [5, 5.41) is 20.4. The van der Waals surface area contributed by atoms with Gasteiger partial charge in [-0.3, -0.25) is 4.79 Å². The summed E-state index contributed by atoms with van der Waals surface area (Å²) in [6, 6.07) is 10.8. The van der Waals surface area contributed by atoms with E-state index in [4.69, 9.17) is 9.47 Å². The van der Waals surface area contributed by atoms with E-state index >= 15 is 0 Å². The van der Waals surface area contributed by atoms with Crippen LogP contribution in [0.1, 0.15) is 42.6 Å². The smallest absolute Gasteiger partial charge is 0.412 e. The van der Waals surface area contributed by atoms with E-state index in [1.165, 1.54) is 0 Å². The monoisotopic (exact) mass is 479 g/mol. The maximum absolute atomic E-state index is 12.3. The summed E-state index contributed by atoms with van der Waals surface area (Å²) in [5.41, 5.74) is 3.55. The highest BCUT2D eigenvalue weighted by molar-refractivity contribution is 5.71. The molecule has 1 aromatic carbocycles. The first-order valence-corrected chi connectivity index (χ1v) is 11.6. The molecule has 10 nitrogen and oxygen atoms in total. The molecule has 0 saturated heterocycles. The van der Waals surface area contributed by atoms with Crippen LogP contribution in [0.2, 0.25) is 0 Å². The highest BCUT2D eigenvalue weighted by Crippen LogP contribution is 2.30. The first kappa shape index (κ1) is 24.2. The minimum atomic E-state index is -0.768. The molecule has 1 aliphatic carbocycles. The lowest BCUT2D eigenvalue weighted by Gasteiger charge is -2.27. The Morgan fingerprint density at radius 3 is 2.63 bits per heavy atom. The fraction of sp³-hybridized carbons (Fsp3) is 0.400. The minimum absolute atomic E-state index is 0.146. The van der Waals surface area contributed by atoms with Crippen molar-refractivity contribution in [3.8, 4) is 22.9 Å². The average Bonchev–Trinajstić information content (AvgIpc) is 3.21. The largest absolute Gasteiger partial charge is 0.489 e. The quantitative estimate of drug-likeness (QED) is 0.524. The summed E-state index contributed by atoms with van der Waals surface area (Å²) in [5.74, 6) is -0.0596. The van der Waals surface area contributed by atoms with Gasteiger partial charge in [-0.2, -0.15) is 0 Å². The van der Waals surface area contributed by atoms with Gasteiger partial charge in [-0.25, -0.2) is 14.5 Å².